The van der Waals surface area contributed by atoms with Crippen molar-refractivity contribution < 1.29 is 4.42 Å². The first-order valence-corrected chi connectivity index (χ1v) is 8.86. The first-order chi connectivity index (χ1) is 9.79. The molecule has 0 bridgehead atoms. The molecule has 0 spiro atoms. The van der Waals surface area contributed by atoms with Crippen molar-refractivity contribution in [2.24, 2.45) is 5.92 Å². The van der Waals surface area contributed by atoms with E-state index in [1.54, 1.807) is 23.1 Å². The van der Waals surface area contributed by atoms with Crippen LogP contribution >= 0.6 is 23.1 Å². The zero-order valence-corrected chi connectivity index (χ0v) is 13.3. The highest BCUT2D eigenvalue weighted by Crippen LogP contribution is 2.21. The fourth-order valence-corrected chi connectivity index (χ4v) is 3.90. The maximum atomic E-state index is 5.67. The number of rotatable bonds is 6. The second kappa shape index (κ2) is 6.74. The van der Waals surface area contributed by atoms with E-state index in [1.807, 2.05) is 6.07 Å². The molecule has 1 aliphatic heterocycles. The number of hydrogen-bond donors (Lipinski definition) is 0. The Kier molecular flexibility index (Phi) is 4.75. The summed E-state index contributed by atoms with van der Waals surface area (Å²) < 4.78 is 5.67. The van der Waals surface area contributed by atoms with Gasteiger partial charge in [-0.3, -0.25) is 0 Å². The molecule has 0 saturated carbocycles. The predicted octanol–water partition coefficient (Wildman–Crippen LogP) is 3.16. The number of likely N-dealkylation sites (tertiary alicyclic amines) is 1. The largest absolute Gasteiger partial charge is 0.416 e. The molecule has 2 aromatic rings. The van der Waals surface area contributed by atoms with Crippen LogP contribution in [0, 0.1) is 5.92 Å². The minimum Gasteiger partial charge on any atom is -0.416 e. The average molecular weight is 309 g/mol. The summed E-state index contributed by atoms with van der Waals surface area (Å²) in [7, 11) is 0. The van der Waals surface area contributed by atoms with E-state index < -0.39 is 0 Å². The lowest BCUT2D eigenvalue weighted by Crippen LogP contribution is -2.22. The number of thioether (sulfide) groups is 1. The molecule has 4 nitrogen and oxygen atoms in total. The van der Waals surface area contributed by atoms with Gasteiger partial charge in [0.15, 0.2) is 0 Å². The normalized spacial score (nSPS) is 19.8. The van der Waals surface area contributed by atoms with Crippen molar-refractivity contribution in [3.63, 3.8) is 0 Å². The third-order valence-electron chi connectivity index (χ3n) is 3.49. The summed E-state index contributed by atoms with van der Waals surface area (Å²) in [6, 6.07) is 4.14. The van der Waals surface area contributed by atoms with Crippen LogP contribution in [0.3, 0.4) is 0 Å². The van der Waals surface area contributed by atoms with Crippen LogP contribution < -0.4 is 0 Å². The molecule has 0 aromatic carbocycles. The Balaban J connectivity index is 1.43. The topological polar surface area (TPSA) is 42.2 Å². The van der Waals surface area contributed by atoms with Crippen LogP contribution in [-0.2, 0) is 6.42 Å². The molecule has 0 N–H and O–H groups in total. The maximum Gasteiger partial charge on any atom is 0.276 e. The number of hydrogen-bond acceptors (Lipinski definition) is 6. The SMILES string of the molecule is C[C@H]1CCN(CCSc2nnc(Cc3cccs3)o2)C1. The van der Waals surface area contributed by atoms with Crippen molar-refractivity contribution in [2.45, 2.75) is 25.0 Å². The van der Waals surface area contributed by atoms with Gasteiger partial charge < -0.3 is 9.32 Å². The summed E-state index contributed by atoms with van der Waals surface area (Å²) in [5.74, 6) is 2.58. The number of aromatic nitrogens is 2. The average Bonchev–Trinajstić information content (AvgIpc) is 3.14. The molecule has 1 atom stereocenters. The molecule has 2 aromatic heterocycles. The van der Waals surface area contributed by atoms with Gasteiger partial charge in [0.05, 0.1) is 6.42 Å². The van der Waals surface area contributed by atoms with Crippen molar-refractivity contribution in [2.75, 3.05) is 25.4 Å². The van der Waals surface area contributed by atoms with Gasteiger partial charge in [-0.2, -0.15) is 0 Å². The minimum absolute atomic E-state index is 0.698. The highest BCUT2D eigenvalue weighted by Gasteiger charge is 2.18. The van der Waals surface area contributed by atoms with Gasteiger partial charge in [-0.15, -0.1) is 21.5 Å². The molecule has 108 valence electrons. The molecule has 0 aliphatic carbocycles. The van der Waals surface area contributed by atoms with Gasteiger partial charge in [0.25, 0.3) is 5.22 Å². The van der Waals surface area contributed by atoms with Gasteiger partial charge in [-0.05, 0) is 30.3 Å². The molecule has 3 heterocycles. The Morgan fingerprint density at radius 1 is 1.50 bits per heavy atom. The molecular formula is C14H19N3OS2. The van der Waals surface area contributed by atoms with Crippen molar-refractivity contribution in [1.29, 1.82) is 0 Å². The fourth-order valence-electron chi connectivity index (χ4n) is 2.42. The van der Waals surface area contributed by atoms with Gasteiger partial charge in [0.2, 0.25) is 5.89 Å². The van der Waals surface area contributed by atoms with E-state index in [1.165, 1.54) is 24.4 Å². The lowest BCUT2D eigenvalue weighted by Gasteiger charge is -2.13. The monoisotopic (exact) mass is 309 g/mol. The third kappa shape index (κ3) is 3.84. The van der Waals surface area contributed by atoms with Crippen LogP contribution in [0.5, 0.6) is 0 Å². The number of nitrogens with zero attached hydrogens (tertiary/aromatic N) is 3. The molecule has 1 aliphatic rings. The summed E-state index contributed by atoms with van der Waals surface area (Å²) in [4.78, 5) is 3.77. The van der Waals surface area contributed by atoms with Crippen LogP contribution in [0.15, 0.2) is 27.2 Å². The standard InChI is InChI=1S/C14H19N3OS2/c1-11-4-5-17(10-11)6-8-20-14-16-15-13(18-14)9-12-3-2-7-19-12/h2-3,7,11H,4-6,8-10H2,1H3/t11-/m0/s1. The van der Waals surface area contributed by atoms with Crippen molar-refractivity contribution in [1.82, 2.24) is 15.1 Å². The second-order valence-electron chi connectivity index (χ2n) is 5.26. The lowest BCUT2D eigenvalue weighted by atomic mass is 10.2. The molecule has 1 fully saturated rings. The van der Waals surface area contributed by atoms with E-state index in [2.05, 4.69) is 33.5 Å². The van der Waals surface area contributed by atoms with E-state index >= 15 is 0 Å². The Bertz CT molecular complexity index is 526. The Labute approximate surface area is 127 Å². The van der Waals surface area contributed by atoms with E-state index in [0.717, 1.165) is 24.6 Å². The van der Waals surface area contributed by atoms with Crippen molar-refractivity contribution in [3.05, 3.63) is 28.3 Å². The van der Waals surface area contributed by atoms with Crippen molar-refractivity contribution in [3.8, 4) is 0 Å². The highest BCUT2D eigenvalue weighted by molar-refractivity contribution is 7.99. The zero-order valence-electron chi connectivity index (χ0n) is 11.6. The smallest absolute Gasteiger partial charge is 0.276 e. The van der Waals surface area contributed by atoms with Gasteiger partial charge >= 0.3 is 0 Å². The molecule has 3 rings (SSSR count). The zero-order chi connectivity index (χ0) is 13.8. The van der Waals surface area contributed by atoms with E-state index in [0.29, 0.717) is 11.1 Å². The first kappa shape index (κ1) is 14.1. The van der Waals surface area contributed by atoms with Crippen LogP contribution in [0.2, 0.25) is 0 Å². The minimum atomic E-state index is 0.698. The Hall–Kier alpha value is -0.850. The summed E-state index contributed by atoms with van der Waals surface area (Å²) in [6.07, 6.45) is 2.07. The van der Waals surface area contributed by atoms with Gasteiger partial charge in [0, 0.05) is 23.7 Å². The van der Waals surface area contributed by atoms with Crippen LogP contribution in [-0.4, -0.2) is 40.5 Å². The summed E-state index contributed by atoms with van der Waals surface area (Å²) in [5, 5.41) is 11.0. The summed E-state index contributed by atoms with van der Waals surface area (Å²) >= 11 is 3.38. The van der Waals surface area contributed by atoms with Crippen LogP contribution in [0.4, 0.5) is 0 Å². The quantitative estimate of drug-likeness (QED) is 0.767. The van der Waals surface area contributed by atoms with Gasteiger partial charge in [0.1, 0.15) is 0 Å². The molecule has 0 amide bonds. The third-order valence-corrected chi connectivity index (χ3v) is 5.17. The molecule has 0 radical (unpaired) electrons. The molecule has 0 unspecified atom stereocenters. The second-order valence-corrected chi connectivity index (χ2v) is 7.34. The van der Waals surface area contributed by atoms with Gasteiger partial charge in [-0.25, -0.2) is 0 Å². The summed E-state index contributed by atoms with van der Waals surface area (Å²) in [5.41, 5.74) is 0. The van der Waals surface area contributed by atoms with E-state index in [9.17, 15) is 0 Å². The molecule has 20 heavy (non-hydrogen) atoms. The maximum absolute atomic E-state index is 5.67. The molecule has 1 saturated heterocycles. The first-order valence-electron chi connectivity index (χ1n) is 6.99. The van der Waals surface area contributed by atoms with E-state index in [4.69, 9.17) is 4.42 Å². The van der Waals surface area contributed by atoms with E-state index in [-0.39, 0.29) is 0 Å². The van der Waals surface area contributed by atoms with Gasteiger partial charge in [-0.1, -0.05) is 24.8 Å². The fraction of sp³-hybridized carbons (Fsp3) is 0.571. The molecule has 6 heteroatoms. The van der Waals surface area contributed by atoms with Crippen LogP contribution in [0.1, 0.15) is 24.1 Å². The van der Waals surface area contributed by atoms with Crippen molar-refractivity contribution >= 4 is 23.1 Å². The highest BCUT2D eigenvalue weighted by atomic mass is 32.2. The lowest BCUT2D eigenvalue weighted by molar-refractivity contribution is 0.348. The predicted molar refractivity (Wildman–Crippen MR) is 82.4 cm³/mol. The summed E-state index contributed by atoms with van der Waals surface area (Å²) in [6.45, 7) is 5.89. The number of thiophene rings is 1. The Morgan fingerprint density at radius 2 is 2.45 bits per heavy atom. The Morgan fingerprint density at radius 3 is 3.20 bits per heavy atom. The van der Waals surface area contributed by atoms with Crippen LogP contribution in [0.25, 0.3) is 0 Å². The molecular weight excluding hydrogens is 290 g/mol.